The van der Waals surface area contributed by atoms with Gasteiger partial charge in [0.25, 0.3) is 0 Å². The van der Waals surface area contributed by atoms with Gasteiger partial charge >= 0.3 is 11.9 Å². The zero-order valence-electron chi connectivity index (χ0n) is 14.1. The number of carboxylic acid groups (broad SMARTS) is 2. The molecule has 0 aromatic carbocycles. The molecule has 0 aliphatic carbocycles. The molecule has 4 atom stereocenters. The molecular weight excluding hydrogens is 354 g/mol. The number of thioether (sulfide) groups is 1. The molecule has 11 heteroatoms. The Kier molecular flexibility index (Phi) is 10.8. The second-order valence-electron chi connectivity index (χ2n) is 5.45. The van der Waals surface area contributed by atoms with Gasteiger partial charge in [0.05, 0.1) is 12.1 Å². The zero-order chi connectivity index (χ0) is 19.6. The Hall–Kier alpha value is -1.85. The van der Waals surface area contributed by atoms with E-state index in [0.717, 1.165) is 0 Å². The summed E-state index contributed by atoms with van der Waals surface area (Å²) in [5.74, 6) is -3.57. The second kappa shape index (κ2) is 11.7. The summed E-state index contributed by atoms with van der Waals surface area (Å²) in [6.07, 6.45) is 0.134. The molecule has 0 fully saturated rings. The molecule has 0 radical (unpaired) electrons. The molecule has 0 unspecified atom stereocenters. The van der Waals surface area contributed by atoms with E-state index in [0.29, 0.717) is 12.2 Å². The summed E-state index contributed by atoms with van der Waals surface area (Å²) in [6.45, 7) is 1.25. The number of carboxylic acids is 2. The van der Waals surface area contributed by atoms with Crippen molar-refractivity contribution in [1.29, 1.82) is 0 Å². The summed E-state index contributed by atoms with van der Waals surface area (Å²) in [7, 11) is 0. The van der Waals surface area contributed by atoms with Crippen LogP contribution in [0.1, 0.15) is 26.2 Å². The smallest absolute Gasteiger partial charge is 0.326 e. The number of aliphatic hydroxyl groups is 1. The number of hydrogen-bond donors (Lipinski definition) is 6. The monoisotopic (exact) mass is 379 g/mol. The highest BCUT2D eigenvalue weighted by Gasteiger charge is 2.31. The Morgan fingerprint density at radius 1 is 1.08 bits per heavy atom. The highest BCUT2D eigenvalue weighted by Crippen LogP contribution is 2.03. The number of carbonyl (C=O) groups is 4. The first kappa shape index (κ1) is 23.1. The maximum atomic E-state index is 12.2. The Labute approximate surface area is 149 Å². The van der Waals surface area contributed by atoms with Gasteiger partial charge in [-0.25, -0.2) is 4.79 Å². The van der Waals surface area contributed by atoms with Gasteiger partial charge in [-0.1, -0.05) is 0 Å². The number of hydrogen-bond acceptors (Lipinski definition) is 7. The summed E-state index contributed by atoms with van der Waals surface area (Å²) in [5.41, 5.74) is 5.68. The van der Waals surface area contributed by atoms with E-state index >= 15 is 0 Å². The van der Waals surface area contributed by atoms with Crippen molar-refractivity contribution in [2.75, 3.05) is 12.0 Å². The lowest BCUT2D eigenvalue weighted by atomic mass is 10.1. The fourth-order valence-electron chi connectivity index (χ4n) is 1.83. The molecule has 0 rings (SSSR count). The van der Waals surface area contributed by atoms with Gasteiger partial charge in [-0.05, 0) is 31.8 Å². The molecule has 0 heterocycles. The molecule has 2 amide bonds. The number of nitrogens with two attached hydrogens (primary N) is 1. The SMILES string of the molecule is CSCC[C@H](N)C(=O)N[C@H](C(=O)N[C@@H](CCC(=O)O)C(=O)O)[C@@H](C)O. The highest BCUT2D eigenvalue weighted by atomic mass is 32.2. The molecule has 0 saturated carbocycles. The molecule has 0 saturated heterocycles. The summed E-state index contributed by atoms with van der Waals surface area (Å²) in [4.78, 5) is 45.8. The Morgan fingerprint density at radius 2 is 1.68 bits per heavy atom. The minimum absolute atomic E-state index is 0.329. The zero-order valence-corrected chi connectivity index (χ0v) is 14.9. The van der Waals surface area contributed by atoms with E-state index in [2.05, 4.69) is 10.6 Å². The molecule has 25 heavy (non-hydrogen) atoms. The Morgan fingerprint density at radius 3 is 2.12 bits per heavy atom. The number of nitrogens with one attached hydrogen (secondary N) is 2. The van der Waals surface area contributed by atoms with Crippen molar-refractivity contribution in [3.8, 4) is 0 Å². The number of aliphatic carboxylic acids is 2. The first-order valence-electron chi connectivity index (χ1n) is 7.58. The van der Waals surface area contributed by atoms with Crippen LogP contribution in [0.2, 0.25) is 0 Å². The predicted molar refractivity (Wildman–Crippen MR) is 91.0 cm³/mol. The first-order valence-corrected chi connectivity index (χ1v) is 8.97. The molecule has 0 aliphatic rings. The van der Waals surface area contributed by atoms with Crippen molar-refractivity contribution in [2.45, 2.75) is 50.4 Å². The van der Waals surface area contributed by atoms with Gasteiger partial charge in [0.1, 0.15) is 12.1 Å². The lowest BCUT2D eigenvalue weighted by Crippen LogP contribution is -2.58. The van der Waals surface area contributed by atoms with E-state index in [1.54, 1.807) is 0 Å². The fraction of sp³-hybridized carbons (Fsp3) is 0.714. The molecule has 0 aromatic heterocycles. The van der Waals surface area contributed by atoms with Gasteiger partial charge in [0.15, 0.2) is 0 Å². The summed E-state index contributed by atoms with van der Waals surface area (Å²) < 4.78 is 0. The van der Waals surface area contributed by atoms with Crippen molar-refractivity contribution in [1.82, 2.24) is 10.6 Å². The van der Waals surface area contributed by atoms with Crippen molar-refractivity contribution in [3.05, 3.63) is 0 Å². The number of rotatable bonds is 12. The van der Waals surface area contributed by atoms with E-state index in [9.17, 15) is 24.3 Å². The van der Waals surface area contributed by atoms with Crippen LogP contribution in [0, 0.1) is 0 Å². The normalized spacial score (nSPS) is 15.5. The van der Waals surface area contributed by atoms with Crippen LogP contribution in [0.15, 0.2) is 0 Å². The van der Waals surface area contributed by atoms with Crippen LogP contribution < -0.4 is 16.4 Å². The summed E-state index contributed by atoms with van der Waals surface area (Å²) >= 11 is 1.50. The molecule has 144 valence electrons. The third kappa shape index (κ3) is 9.27. The predicted octanol–water partition coefficient (Wildman–Crippen LogP) is -1.63. The Balaban J connectivity index is 4.88. The van der Waals surface area contributed by atoms with Crippen LogP contribution in [0.25, 0.3) is 0 Å². The van der Waals surface area contributed by atoms with Gasteiger partial charge in [0.2, 0.25) is 11.8 Å². The lowest BCUT2D eigenvalue weighted by molar-refractivity contribution is -0.144. The van der Waals surface area contributed by atoms with Gasteiger partial charge in [-0.3, -0.25) is 14.4 Å². The molecule has 0 bridgehead atoms. The molecule has 0 aliphatic heterocycles. The minimum atomic E-state index is -1.45. The Bertz CT molecular complexity index is 487. The topological polar surface area (TPSA) is 179 Å². The minimum Gasteiger partial charge on any atom is -0.481 e. The largest absolute Gasteiger partial charge is 0.481 e. The van der Waals surface area contributed by atoms with Crippen LogP contribution in [-0.4, -0.2) is 75.3 Å². The van der Waals surface area contributed by atoms with E-state index in [1.165, 1.54) is 18.7 Å². The molecule has 0 aromatic rings. The van der Waals surface area contributed by atoms with Crippen LogP contribution in [0.3, 0.4) is 0 Å². The first-order chi connectivity index (χ1) is 11.6. The van der Waals surface area contributed by atoms with Crippen LogP contribution in [0.4, 0.5) is 0 Å². The van der Waals surface area contributed by atoms with E-state index < -0.39 is 54.4 Å². The molecular formula is C14H25N3O7S. The van der Waals surface area contributed by atoms with Gasteiger partial charge in [-0.15, -0.1) is 0 Å². The maximum absolute atomic E-state index is 12.2. The highest BCUT2D eigenvalue weighted by molar-refractivity contribution is 7.98. The third-order valence-electron chi connectivity index (χ3n) is 3.29. The number of carbonyl (C=O) groups excluding carboxylic acids is 2. The second-order valence-corrected chi connectivity index (χ2v) is 6.43. The average molecular weight is 379 g/mol. The van der Waals surface area contributed by atoms with E-state index in [4.69, 9.17) is 15.9 Å². The molecule has 0 spiro atoms. The standard InChI is InChI=1S/C14H25N3O7S/c1-7(18)11(17-12(21)8(15)5-6-25-2)13(22)16-9(14(23)24)3-4-10(19)20/h7-9,11,18H,3-6,15H2,1-2H3,(H,16,22)(H,17,21)(H,19,20)(H,23,24)/t7-,8+,9+,11+/m1/s1. The van der Waals surface area contributed by atoms with Crippen LogP contribution in [-0.2, 0) is 19.2 Å². The molecule has 7 N–H and O–H groups in total. The van der Waals surface area contributed by atoms with Crippen molar-refractivity contribution in [3.63, 3.8) is 0 Å². The summed E-state index contributed by atoms with van der Waals surface area (Å²) in [6, 6.07) is -3.73. The number of aliphatic hydroxyl groups excluding tert-OH is 1. The summed E-state index contributed by atoms with van der Waals surface area (Å²) in [5, 5.41) is 31.8. The van der Waals surface area contributed by atoms with Gasteiger partial charge in [0, 0.05) is 6.42 Å². The maximum Gasteiger partial charge on any atom is 0.326 e. The van der Waals surface area contributed by atoms with E-state index in [1.807, 2.05) is 6.26 Å². The van der Waals surface area contributed by atoms with Crippen LogP contribution in [0.5, 0.6) is 0 Å². The lowest BCUT2D eigenvalue weighted by Gasteiger charge is -2.24. The van der Waals surface area contributed by atoms with Crippen molar-refractivity contribution in [2.24, 2.45) is 5.73 Å². The van der Waals surface area contributed by atoms with E-state index in [-0.39, 0.29) is 6.42 Å². The average Bonchev–Trinajstić information content (AvgIpc) is 2.52. The van der Waals surface area contributed by atoms with Gasteiger partial charge in [-0.2, -0.15) is 11.8 Å². The fourth-order valence-corrected chi connectivity index (χ4v) is 2.32. The molecule has 10 nitrogen and oxygen atoms in total. The van der Waals surface area contributed by atoms with Gasteiger partial charge < -0.3 is 31.7 Å². The van der Waals surface area contributed by atoms with Crippen LogP contribution >= 0.6 is 11.8 Å². The van der Waals surface area contributed by atoms with Crippen molar-refractivity contribution >= 4 is 35.5 Å². The number of amides is 2. The van der Waals surface area contributed by atoms with Crippen molar-refractivity contribution < 1.29 is 34.5 Å². The third-order valence-corrected chi connectivity index (χ3v) is 3.94. The quantitative estimate of drug-likeness (QED) is 0.232.